The standard InChI is InChI=1S/C15H12N2OS/c16-11-2-5-13(6-3-11)19-15-14-9-12(18)4-1-10(14)7-8-17-15/h1-9,18H,16H2. The predicted molar refractivity (Wildman–Crippen MR) is 78.4 cm³/mol. The first kappa shape index (κ1) is 11.9. The zero-order valence-electron chi connectivity index (χ0n) is 10.1. The quantitative estimate of drug-likeness (QED) is 0.696. The molecule has 0 saturated heterocycles. The minimum atomic E-state index is 0.250. The van der Waals surface area contributed by atoms with Gasteiger partial charge in [-0.25, -0.2) is 4.98 Å². The third kappa shape index (κ3) is 2.48. The van der Waals surface area contributed by atoms with E-state index in [1.165, 1.54) is 0 Å². The monoisotopic (exact) mass is 268 g/mol. The van der Waals surface area contributed by atoms with E-state index in [9.17, 15) is 5.11 Å². The third-order valence-corrected chi connectivity index (χ3v) is 3.83. The van der Waals surface area contributed by atoms with Gasteiger partial charge in [0.25, 0.3) is 0 Å². The van der Waals surface area contributed by atoms with Crippen molar-refractivity contribution in [1.82, 2.24) is 4.98 Å². The number of hydrogen-bond donors (Lipinski definition) is 2. The van der Waals surface area contributed by atoms with Gasteiger partial charge in [-0.15, -0.1) is 0 Å². The minimum absolute atomic E-state index is 0.250. The Labute approximate surface area is 115 Å². The number of nitrogen functional groups attached to an aromatic ring is 1. The first-order valence-corrected chi connectivity index (χ1v) is 6.65. The molecule has 0 bridgehead atoms. The van der Waals surface area contributed by atoms with Gasteiger partial charge in [0.15, 0.2) is 0 Å². The number of anilines is 1. The van der Waals surface area contributed by atoms with Crippen LogP contribution in [0.3, 0.4) is 0 Å². The number of fused-ring (bicyclic) bond motifs is 1. The van der Waals surface area contributed by atoms with Crippen molar-refractivity contribution in [2.45, 2.75) is 9.92 Å². The second kappa shape index (κ2) is 4.82. The van der Waals surface area contributed by atoms with Crippen molar-refractivity contribution in [3.8, 4) is 5.75 Å². The molecular formula is C15H12N2OS. The zero-order valence-corrected chi connectivity index (χ0v) is 10.9. The topological polar surface area (TPSA) is 59.1 Å². The molecule has 3 aromatic rings. The van der Waals surface area contributed by atoms with E-state index in [1.807, 2.05) is 36.4 Å². The Morgan fingerprint density at radius 1 is 1.00 bits per heavy atom. The molecule has 94 valence electrons. The maximum atomic E-state index is 9.60. The number of hydrogen-bond acceptors (Lipinski definition) is 4. The molecule has 0 aliphatic carbocycles. The fourth-order valence-corrected chi connectivity index (χ4v) is 2.75. The van der Waals surface area contributed by atoms with Gasteiger partial charge < -0.3 is 10.8 Å². The lowest BCUT2D eigenvalue weighted by Crippen LogP contribution is -1.85. The second-order valence-electron chi connectivity index (χ2n) is 4.19. The van der Waals surface area contributed by atoms with Crippen molar-refractivity contribution in [2.24, 2.45) is 0 Å². The maximum Gasteiger partial charge on any atom is 0.116 e. The molecule has 0 amide bonds. The zero-order chi connectivity index (χ0) is 13.2. The summed E-state index contributed by atoms with van der Waals surface area (Å²) < 4.78 is 0. The highest BCUT2D eigenvalue weighted by Crippen LogP contribution is 2.33. The Morgan fingerprint density at radius 3 is 2.58 bits per heavy atom. The molecule has 0 radical (unpaired) electrons. The number of benzene rings is 2. The molecule has 0 unspecified atom stereocenters. The molecule has 3 nitrogen and oxygen atoms in total. The van der Waals surface area contributed by atoms with E-state index in [0.717, 1.165) is 26.4 Å². The van der Waals surface area contributed by atoms with Crippen LogP contribution in [0.5, 0.6) is 5.75 Å². The Hall–Kier alpha value is -2.20. The summed E-state index contributed by atoms with van der Waals surface area (Å²) in [6.45, 7) is 0. The molecule has 0 atom stereocenters. The van der Waals surface area contributed by atoms with Gasteiger partial charge in [-0.2, -0.15) is 0 Å². The molecule has 0 aliphatic rings. The summed E-state index contributed by atoms with van der Waals surface area (Å²) in [5.74, 6) is 0.250. The van der Waals surface area contributed by atoms with Crippen molar-refractivity contribution in [3.63, 3.8) is 0 Å². The number of rotatable bonds is 2. The molecule has 0 fully saturated rings. The normalized spacial score (nSPS) is 10.7. The molecule has 0 aliphatic heterocycles. The van der Waals surface area contributed by atoms with Gasteiger partial charge in [-0.3, -0.25) is 0 Å². The first-order valence-electron chi connectivity index (χ1n) is 5.83. The van der Waals surface area contributed by atoms with Crippen LogP contribution in [0.1, 0.15) is 0 Å². The number of phenolic OH excluding ortho intramolecular Hbond substituents is 1. The van der Waals surface area contributed by atoms with Crippen molar-refractivity contribution in [1.29, 1.82) is 0 Å². The third-order valence-electron chi connectivity index (χ3n) is 2.81. The highest BCUT2D eigenvalue weighted by molar-refractivity contribution is 7.99. The van der Waals surface area contributed by atoms with E-state index in [-0.39, 0.29) is 5.75 Å². The molecule has 1 heterocycles. The van der Waals surface area contributed by atoms with Crippen LogP contribution in [0, 0.1) is 0 Å². The second-order valence-corrected chi connectivity index (χ2v) is 5.25. The lowest BCUT2D eigenvalue weighted by Gasteiger charge is -2.06. The average Bonchev–Trinajstić information content (AvgIpc) is 2.42. The summed E-state index contributed by atoms with van der Waals surface area (Å²) in [6.07, 6.45) is 1.78. The van der Waals surface area contributed by atoms with E-state index >= 15 is 0 Å². The molecule has 0 spiro atoms. The summed E-state index contributed by atoms with van der Waals surface area (Å²) in [5, 5.41) is 12.5. The Kier molecular flexibility index (Phi) is 3.01. The summed E-state index contributed by atoms with van der Waals surface area (Å²) in [7, 11) is 0. The maximum absolute atomic E-state index is 9.60. The van der Waals surface area contributed by atoms with Crippen LogP contribution in [0.4, 0.5) is 5.69 Å². The molecule has 2 aromatic carbocycles. The first-order chi connectivity index (χ1) is 9.22. The van der Waals surface area contributed by atoms with Crippen LogP contribution in [-0.2, 0) is 0 Å². The van der Waals surface area contributed by atoms with Gasteiger partial charge in [0.2, 0.25) is 0 Å². The van der Waals surface area contributed by atoms with E-state index in [1.54, 1.807) is 30.1 Å². The van der Waals surface area contributed by atoms with Gasteiger partial charge in [0, 0.05) is 22.2 Å². The van der Waals surface area contributed by atoms with E-state index in [4.69, 9.17) is 5.73 Å². The molecule has 4 heteroatoms. The highest BCUT2D eigenvalue weighted by atomic mass is 32.2. The van der Waals surface area contributed by atoms with Crippen molar-refractivity contribution in [3.05, 3.63) is 54.7 Å². The van der Waals surface area contributed by atoms with Crippen molar-refractivity contribution in [2.75, 3.05) is 5.73 Å². The fourth-order valence-electron chi connectivity index (χ4n) is 1.86. The number of aromatic nitrogens is 1. The smallest absolute Gasteiger partial charge is 0.116 e. The van der Waals surface area contributed by atoms with Crippen LogP contribution in [-0.4, -0.2) is 10.1 Å². The fraction of sp³-hybridized carbons (Fsp3) is 0. The van der Waals surface area contributed by atoms with Crippen LogP contribution in [0.25, 0.3) is 10.8 Å². The van der Waals surface area contributed by atoms with Gasteiger partial charge in [-0.05, 0) is 47.9 Å². The summed E-state index contributed by atoms with van der Waals surface area (Å²) >= 11 is 1.56. The van der Waals surface area contributed by atoms with Crippen LogP contribution in [0.2, 0.25) is 0 Å². The van der Waals surface area contributed by atoms with Crippen LogP contribution >= 0.6 is 11.8 Å². The van der Waals surface area contributed by atoms with Gasteiger partial charge in [0.05, 0.1) is 0 Å². The SMILES string of the molecule is Nc1ccc(Sc2nccc3ccc(O)cc23)cc1. The number of nitrogens with two attached hydrogens (primary N) is 1. The summed E-state index contributed by atoms with van der Waals surface area (Å²) in [6, 6.07) is 14.9. The summed E-state index contributed by atoms with van der Waals surface area (Å²) in [4.78, 5) is 5.45. The lowest BCUT2D eigenvalue weighted by molar-refractivity contribution is 0.476. The van der Waals surface area contributed by atoms with Crippen molar-refractivity contribution >= 4 is 28.2 Å². The van der Waals surface area contributed by atoms with E-state index < -0.39 is 0 Å². The van der Waals surface area contributed by atoms with E-state index in [0.29, 0.717) is 0 Å². The average molecular weight is 268 g/mol. The van der Waals surface area contributed by atoms with E-state index in [2.05, 4.69) is 4.98 Å². The molecule has 3 rings (SSSR count). The number of pyridine rings is 1. The largest absolute Gasteiger partial charge is 0.508 e. The summed E-state index contributed by atoms with van der Waals surface area (Å²) in [5.41, 5.74) is 6.42. The number of nitrogens with zero attached hydrogens (tertiary/aromatic N) is 1. The Morgan fingerprint density at radius 2 is 1.79 bits per heavy atom. The van der Waals surface area contributed by atoms with Crippen LogP contribution in [0.15, 0.2) is 64.6 Å². The predicted octanol–water partition coefficient (Wildman–Crippen LogP) is 3.67. The highest BCUT2D eigenvalue weighted by Gasteiger charge is 2.05. The van der Waals surface area contributed by atoms with Gasteiger partial charge >= 0.3 is 0 Å². The van der Waals surface area contributed by atoms with Gasteiger partial charge in [-0.1, -0.05) is 17.8 Å². The minimum Gasteiger partial charge on any atom is -0.508 e. The molecule has 1 aromatic heterocycles. The Bertz CT molecular complexity index is 726. The Balaban J connectivity index is 2.05. The van der Waals surface area contributed by atoms with Gasteiger partial charge in [0.1, 0.15) is 10.8 Å². The molecular weight excluding hydrogens is 256 g/mol. The molecule has 0 saturated carbocycles. The number of aromatic hydroxyl groups is 1. The molecule has 19 heavy (non-hydrogen) atoms. The molecule has 3 N–H and O–H groups in total. The number of phenols is 1. The lowest BCUT2D eigenvalue weighted by atomic mass is 10.2. The van der Waals surface area contributed by atoms with Crippen molar-refractivity contribution < 1.29 is 5.11 Å². The van der Waals surface area contributed by atoms with Crippen LogP contribution < -0.4 is 5.73 Å².